The summed E-state index contributed by atoms with van der Waals surface area (Å²) in [7, 11) is 1.41. The molecule has 0 saturated carbocycles. The lowest BCUT2D eigenvalue weighted by atomic mass is 10.0. The Morgan fingerprint density at radius 1 is 1.15 bits per heavy atom. The van der Waals surface area contributed by atoms with Crippen molar-refractivity contribution in [3.63, 3.8) is 0 Å². The number of nitrogens with two attached hydrogens (primary N) is 1. The Morgan fingerprint density at radius 3 is 2.46 bits per heavy atom. The summed E-state index contributed by atoms with van der Waals surface area (Å²) in [6, 6.07) is 10.2. The van der Waals surface area contributed by atoms with Crippen LogP contribution in [0.5, 0.6) is 5.75 Å². The predicted molar refractivity (Wildman–Crippen MR) is 102 cm³/mol. The third kappa shape index (κ3) is 4.99. The molecule has 0 amide bonds. The van der Waals surface area contributed by atoms with Crippen LogP contribution in [0.2, 0.25) is 5.02 Å². The molecule has 0 radical (unpaired) electrons. The van der Waals surface area contributed by atoms with Crippen molar-refractivity contribution >= 4 is 29.0 Å². The van der Waals surface area contributed by atoms with Crippen molar-refractivity contribution in [2.75, 3.05) is 19.5 Å². The second-order valence-electron chi connectivity index (χ2n) is 5.87. The average molecular weight is 376 g/mol. The molecule has 0 atom stereocenters. The third-order valence-electron chi connectivity index (χ3n) is 3.97. The van der Waals surface area contributed by atoms with Crippen molar-refractivity contribution in [3.8, 4) is 5.75 Å². The number of methoxy groups -OCH3 is 1. The minimum absolute atomic E-state index is 0.120. The summed E-state index contributed by atoms with van der Waals surface area (Å²) < 4.78 is 10.2. The number of benzene rings is 2. The molecule has 2 aromatic rings. The van der Waals surface area contributed by atoms with Crippen molar-refractivity contribution in [1.82, 2.24) is 0 Å². The van der Waals surface area contributed by atoms with E-state index in [1.807, 2.05) is 12.1 Å². The van der Waals surface area contributed by atoms with Gasteiger partial charge in [0.05, 0.1) is 17.8 Å². The first kappa shape index (κ1) is 19.8. The SMILES string of the molecule is CCCCc1ccc(C(=O)COC(=O)c2cc(Cl)c(N)cc2OC)cc1. The number of carbonyl (C=O) groups is 2. The molecule has 2 N–H and O–H groups in total. The zero-order valence-electron chi connectivity index (χ0n) is 14.9. The first-order valence-corrected chi connectivity index (χ1v) is 8.76. The highest BCUT2D eigenvalue weighted by molar-refractivity contribution is 6.33. The highest BCUT2D eigenvalue weighted by Gasteiger charge is 2.18. The minimum atomic E-state index is -0.698. The molecule has 0 aliphatic heterocycles. The lowest BCUT2D eigenvalue weighted by molar-refractivity contribution is 0.0471. The molecule has 138 valence electrons. The Balaban J connectivity index is 2.01. The van der Waals surface area contributed by atoms with Crippen LogP contribution in [0, 0.1) is 0 Å². The minimum Gasteiger partial charge on any atom is -0.496 e. The maximum absolute atomic E-state index is 12.2. The molecule has 0 unspecified atom stereocenters. The van der Waals surface area contributed by atoms with Gasteiger partial charge >= 0.3 is 5.97 Å². The number of unbranched alkanes of at least 4 members (excludes halogenated alkanes) is 1. The quantitative estimate of drug-likeness (QED) is 0.422. The van der Waals surface area contributed by atoms with Gasteiger partial charge in [0, 0.05) is 11.6 Å². The number of anilines is 1. The van der Waals surface area contributed by atoms with Gasteiger partial charge in [-0.2, -0.15) is 0 Å². The Labute approximate surface area is 158 Å². The largest absolute Gasteiger partial charge is 0.496 e. The van der Waals surface area contributed by atoms with E-state index < -0.39 is 5.97 Å². The first-order chi connectivity index (χ1) is 12.5. The standard InChI is InChI=1S/C20H22ClNO4/c1-3-4-5-13-6-8-14(9-7-13)18(23)12-26-20(24)15-10-16(21)17(22)11-19(15)25-2/h6-11H,3-5,12,22H2,1-2H3. The van der Waals surface area contributed by atoms with Gasteiger partial charge < -0.3 is 15.2 Å². The number of carbonyl (C=O) groups excluding carboxylic acids is 2. The molecule has 0 heterocycles. The maximum atomic E-state index is 12.2. The lowest BCUT2D eigenvalue weighted by Crippen LogP contribution is -2.15. The van der Waals surface area contributed by atoms with Crippen LogP contribution < -0.4 is 10.5 Å². The van der Waals surface area contributed by atoms with Crippen LogP contribution in [-0.2, 0) is 11.2 Å². The van der Waals surface area contributed by atoms with E-state index >= 15 is 0 Å². The number of Topliss-reactive ketones (excluding diaryl/α,β-unsaturated/α-hetero) is 1. The molecule has 0 aliphatic rings. The number of halogens is 1. The molecule has 0 aromatic heterocycles. The van der Waals surface area contributed by atoms with Crippen LogP contribution in [0.25, 0.3) is 0 Å². The summed E-state index contributed by atoms with van der Waals surface area (Å²) in [5.74, 6) is -0.734. The van der Waals surface area contributed by atoms with Gasteiger partial charge in [-0.25, -0.2) is 4.79 Å². The van der Waals surface area contributed by atoms with Gasteiger partial charge in [0.2, 0.25) is 0 Å². The highest BCUT2D eigenvalue weighted by Crippen LogP contribution is 2.29. The molecular weight excluding hydrogens is 354 g/mol. The zero-order valence-corrected chi connectivity index (χ0v) is 15.6. The summed E-state index contributed by atoms with van der Waals surface area (Å²) in [5.41, 5.74) is 7.78. The number of ether oxygens (including phenoxy) is 2. The number of hydrogen-bond donors (Lipinski definition) is 1. The van der Waals surface area contributed by atoms with E-state index in [-0.39, 0.29) is 28.7 Å². The molecule has 26 heavy (non-hydrogen) atoms. The van der Waals surface area contributed by atoms with Gasteiger partial charge in [0.25, 0.3) is 0 Å². The number of aryl methyl sites for hydroxylation is 1. The molecule has 6 heteroatoms. The lowest BCUT2D eigenvalue weighted by Gasteiger charge is -2.10. The molecule has 0 bridgehead atoms. The van der Waals surface area contributed by atoms with E-state index in [1.54, 1.807) is 12.1 Å². The van der Waals surface area contributed by atoms with E-state index in [2.05, 4.69) is 6.92 Å². The summed E-state index contributed by atoms with van der Waals surface area (Å²) in [6.07, 6.45) is 3.21. The molecule has 0 saturated heterocycles. The predicted octanol–water partition coefficient (Wildman–Crippen LogP) is 4.31. The second kappa shape index (κ2) is 9.25. The first-order valence-electron chi connectivity index (χ1n) is 8.38. The van der Waals surface area contributed by atoms with Crippen molar-refractivity contribution in [1.29, 1.82) is 0 Å². The topological polar surface area (TPSA) is 78.6 Å². The van der Waals surface area contributed by atoms with Gasteiger partial charge in [-0.15, -0.1) is 0 Å². The van der Waals surface area contributed by atoms with E-state index in [0.29, 0.717) is 11.3 Å². The van der Waals surface area contributed by atoms with Gasteiger partial charge in [-0.3, -0.25) is 4.79 Å². The van der Waals surface area contributed by atoms with Crippen LogP contribution in [0.4, 0.5) is 5.69 Å². The van der Waals surface area contributed by atoms with Crippen LogP contribution in [0.15, 0.2) is 36.4 Å². The third-order valence-corrected chi connectivity index (χ3v) is 4.30. The van der Waals surface area contributed by atoms with Crippen molar-refractivity contribution in [2.24, 2.45) is 0 Å². The number of rotatable bonds is 8. The summed E-state index contributed by atoms with van der Waals surface area (Å²) in [6.45, 7) is 1.77. The monoisotopic (exact) mass is 375 g/mol. The van der Waals surface area contributed by atoms with Gasteiger partial charge in [0.15, 0.2) is 12.4 Å². The Kier molecular flexibility index (Phi) is 7.04. The van der Waals surface area contributed by atoms with Crippen molar-refractivity contribution in [3.05, 3.63) is 58.1 Å². The summed E-state index contributed by atoms with van der Waals surface area (Å²) in [5, 5.41) is 0.215. The molecule has 0 aliphatic carbocycles. The number of hydrogen-bond acceptors (Lipinski definition) is 5. The fourth-order valence-corrected chi connectivity index (χ4v) is 2.59. The second-order valence-corrected chi connectivity index (χ2v) is 6.28. The molecule has 0 fully saturated rings. The zero-order chi connectivity index (χ0) is 19.1. The average Bonchev–Trinajstić information content (AvgIpc) is 2.66. The normalized spacial score (nSPS) is 10.4. The van der Waals surface area contributed by atoms with Gasteiger partial charge in [-0.05, 0) is 24.5 Å². The molecule has 0 spiro atoms. The van der Waals surface area contributed by atoms with E-state index in [9.17, 15) is 9.59 Å². The fourth-order valence-electron chi connectivity index (χ4n) is 2.43. The van der Waals surface area contributed by atoms with Gasteiger partial charge in [0.1, 0.15) is 11.3 Å². The molecule has 2 rings (SSSR count). The van der Waals surface area contributed by atoms with Crippen LogP contribution >= 0.6 is 11.6 Å². The Hall–Kier alpha value is -2.53. The Bertz CT molecular complexity index is 787. The Morgan fingerprint density at radius 2 is 1.85 bits per heavy atom. The van der Waals surface area contributed by atoms with Crippen molar-refractivity contribution < 1.29 is 19.1 Å². The van der Waals surface area contributed by atoms with Crippen molar-refractivity contribution in [2.45, 2.75) is 26.2 Å². The van der Waals surface area contributed by atoms with E-state index in [1.165, 1.54) is 24.8 Å². The smallest absolute Gasteiger partial charge is 0.342 e. The molecular formula is C20H22ClNO4. The van der Waals surface area contributed by atoms with Crippen LogP contribution in [0.3, 0.4) is 0 Å². The van der Waals surface area contributed by atoms with E-state index in [0.717, 1.165) is 19.3 Å². The highest BCUT2D eigenvalue weighted by atomic mass is 35.5. The van der Waals surface area contributed by atoms with Crippen LogP contribution in [0.1, 0.15) is 46.0 Å². The summed E-state index contributed by atoms with van der Waals surface area (Å²) in [4.78, 5) is 24.5. The number of esters is 1. The molecule has 5 nitrogen and oxygen atoms in total. The fraction of sp³-hybridized carbons (Fsp3) is 0.300. The van der Waals surface area contributed by atoms with Crippen LogP contribution in [-0.4, -0.2) is 25.5 Å². The summed E-state index contributed by atoms with van der Waals surface area (Å²) >= 11 is 5.94. The van der Waals surface area contributed by atoms with E-state index in [4.69, 9.17) is 26.8 Å². The molecule has 2 aromatic carbocycles. The number of nitrogen functional groups attached to an aromatic ring is 1. The van der Waals surface area contributed by atoms with Gasteiger partial charge in [-0.1, -0.05) is 49.2 Å². The maximum Gasteiger partial charge on any atom is 0.342 e. The number of ketones is 1.